The van der Waals surface area contributed by atoms with Gasteiger partial charge in [0.25, 0.3) is 0 Å². The molecule has 0 fully saturated rings. The standard InChI is InChI=1S/C14H23NO2S/c1-12(11-17-3)18-14-6-4-5-13(9-14)10-15-7-8-16-2/h4-6,9,12,15H,7-8,10-11H2,1-3H3. The Morgan fingerprint density at radius 2 is 2.11 bits per heavy atom. The molecule has 1 N–H and O–H groups in total. The van der Waals surface area contributed by atoms with E-state index in [0.29, 0.717) is 5.25 Å². The van der Waals surface area contributed by atoms with Gasteiger partial charge in [-0.15, -0.1) is 11.8 Å². The summed E-state index contributed by atoms with van der Waals surface area (Å²) in [6.45, 7) is 5.47. The van der Waals surface area contributed by atoms with Crippen molar-refractivity contribution in [3.8, 4) is 0 Å². The van der Waals surface area contributed by atoms with Gasteiger partial charge in [0.1, 0.15) is 0 Å². The van der Waals surface area contributed by atoms with Crippen LogP contribution in [0.4, 0.5) is 0 Å². The van der Waals surface area contributed by atoms with Crippen LogP contribution in [0.2, 0.25) is 0 Å². The van der Waals surface area contributed by atoms with Crippen LogP contribution in [0, 0.1) is 0 Å². The van der Waals surface area contributed by atoms with Crippen LogP contribution in [0.15, 0.2) is 29.2 Å². The molecule has 1 atom stereocenters. The summed E-state index contributed by atoms with van der Waals surface area (Å²) < 4.78 is 10.2. The van der Waals surface area contributed by atoms with Crippen LogP contribution in [0.3, 0.4) is 0 Å². The first-order valence-electron chi connectivity index (χ1n) is 6.20. The Bertz CT molecular complexity index is 333. The first kappa shape index (κ1) is 15.5. The Balaban J connectivity index is 2.41. The molecule has 0 saturated carbocycles. The normalized spacial score (nSPS) is 12.6. The molecule has 1 rings (SSSR count). The highest BCUT2D eigenvalue weighted by molar-refractivity contribution is 8.00. The SMILES string of the molecule is COCCNCc1cccc(SC(C)COC)c1. The minimum atomic E-state index is 0.478. The van der Waals surface area contributed by atoms with Gasteiger partial charge in [0.2, 0.25) is 0 Å². The van der Waals surface area contributed by atoms with Gasteiger partial charge in [-0.3, -0.25) is 0 Å². The van der Waals surface area contributed by atoms with Crippen molar-refractivity contribution >= 4 is 11.8 Å². The number of nitrogens with one attached hydrogen (secondary N) is 1. The summed E-state index contributed by atoms with van der Waals surface area (Å²) in [6, 6.07) is 8.63. The maximum Gasteiger partial charge on any atom is 0.0587 e. The fourth-order valence-corrected chi connectivity index (χ4v) is 2.68. The molecule has 0 aromatic heterocycles. The zero-order valence-electron chi connectivity index (χ0n) is 11.4. The number of hydrogen-bond acceptors (Lipinski definition) is 4. The first-order chi connectivity index (χ1) is 8.76. The highest BCUT2D eigenvalue weighted by atomic mass is 32.2. The Morgan fingerprint density at radius 3 is 2.83 bits per heavy atom. The third kappa shape index (κ3) is 6.40. The summed E-state index contributed by atoms with van der Waals surface area (Å²) in [5.41, 5.74) is 1.31. The Labute approximate surface area is 114 Å². The largest absolute Gasteiger partial charge is 0.384 e. The average molecular weight is 269 g/mol. The summed E-state index contributed by atoms with van der Waals surface area (Å²) >= 11 is 1.85. The number of ether oxygens (including phenoxy) is 2. The molecule has 3 nitrogen and oxygen atoms in total. The lowest BCUT2D eigenvalue weighted by Gasteiger charge is -2.11. The van der Waals surface area contributed by atoms with Crippen LogP contribution in [0.25, 0.3) is 0 Å². The predicted molar refractivity (Wildman–Crippen MR) is 77.2 cm³/mol. The summed E-state index contributed by atoms with van der Waals surface area (Å²) in [5.74, 6) is 0. The molecule has 1 aromatic rings. The molecular formula is C14H23NO2S. The zero-order valence-corrected chi connectivity index (χ0v) is 12.3. The van der Waals surface area contributed by atoms with Crippen LogP contribution >= 0.6 is 11.8 Å². The van der Waals surface area contributed by atoms with E-state index in [1.165, 1.54) is 10.5 Å². The quantitative estimate of drug-likeness (QED) is 0.551. The lowest BCUT2D eigenvalue weighted by atomic mass is 10.2. The van der Waals surface area contributed by atoms with E-state index >= 15 is 0 Å². The molecule has 0 saturated heterocycles. The summed E-state index contributed by atoms with van der Waals surface area (Å²) in [5, 5.41) is 3.83. The second kappa shape index (κ2) is 9.39. The number of hydrogen-bond donors (Lipinski definition) is 1. The van der Waals surface area contributed by atoms with Crippen molar-refractivity contribution in [2.75, 3.05) is 34.0 Å². The van der Waals surface area contributed by atoms with E-state index in [-0.39, 0.29) is 0 Å². The van der Waals surface area contributed by atoms with Crippen molar-refractivity contribution in [2.45, 2.75) is 23.6 Å². The molecule has 0 bridgehead atoms. The molecule has 1 aromatic carbocycles. The molecule has 102 valence electrons. The monoisotopic (exact) mass is 269 g/mol. The molecular weight excluding hydrogens is 246 g/mol. The molecule has 18 heavy (non-hydrogen) atoms. The highest BCUT2D eigenvalue weighted by Gasteiger charge is 2.04. The number of benzene rings is 1. The maximum atomic E-state index is 5.15. The second-order valence-electron chi connectivity index (χ2n) is 4.20. The number of thioether (sulfide) groups is 1. The molecule has 0 spiro atoms. The van der Waals surface area contributed by atoms with Gasteiger partial charge in [0.05, 0.1) is 13.2 Å². The van der Waals surface area contributed by atoms with Gasteiger partial charge in [0, 0.05) is 37.5 Å². The van der Waals surface area contributed by atoms with Crippen LogP contribution < -0.4 is 5.32 Å². The van der Waals surface area contributed by atoms with Crippen LogP contribution in [-0.2, 0) is 16.0 Å². The molecule has 1 unspecified atom stereocenters. The maximum absolute atomic E-state index is 5.15. The number of rotatable bonds is 9. The van der Waals surface area contributed by atoms with E-state index in [2.05, 4.69) is 36.5 Å². The van der Waals surface area contributed by atoms with Gasteiger partial charge >= 0.3 is 0 Å². The van der Waals surface area contributed by atoms with Gasteiger partial charge < -0.3 is 14.8 Å². The van der Waals surface area contributed by atoms with E-state index < -0.39 is 0 Å². The van der Waals surface area contributed by atoms with E-state index in [0.717, 1.165) is 26.3 Å². The smallest absolute Gasteiger partial charge is 0.0587 e. The van der Waals surface area contributed by atoms with Crippen LogP contribution in [-0.4, -0.2) is 39.2 Å². The van der Waals surface area contributed by atoms with Crippen molar-refractivity contribution in [2.24, 2.45) is 0 Å². The topological polar surface area (TPSA) is 30.5 Å². The van der Waals surface area contributed by atoms with Gasteiger partial charge in [-0.25, -0.2) is 0 Å². The highest BCUT2D eigenvalue weighted by Crippen LogP contribution is 2.24. The third-order valence-electron chi connectivity index (χ3n) is 2.45. The van der Waals surface area contributed by atoms with E-state index in [1.54, 1.807) is 14.2 Å². The molecule has 0 heterocycles. The van der Waals surface area contributed by atoms with Crippen molar-refractivity contribution in [3.05, 3.63) is 29.8 Å². The van der Waals surface area contributed by atoms with Gasteiger partial charge in [-0.2, -0.15) is 0 Å². The van der Waals surface area contributed by atoms with Crippen LogP contribution in [0.1, 0.15) is 12.5 Å². The first-order valence-corrected chi connectivity index (χ1v) is 7.08. The molecule has 4 heteroatoms. The number of methoxy groups -OCH3 is 2. The predicted octanol–water partition coefficient (Wildman–Crippen LogP) is 2.55. The fourth-order valence-electron chi connectivity index (χ4n) is 1.64. The molecule has 0 amide bonds. The molecule has 0 radical (unpaired) electrons. The van der Waals surface area contributed by atoms with E-state index in [9.17, 15) is 0 Å². The average Bonchev–Trinajstić information content (AvgIpc) is 2.35. The van der Waals surface area contributed by atoms with E-state index in [4.69, 9.17) is 9.47 Å². The Morgan fingerprint density at radius 1 is 1.28 bits per heavy atom. The van der Waals surface area contributed by atoms with Crippen molar-refractivity contribution in [1.82, 2.24) is 5.32 Å². The molecule has 0 aliphatic carbocycles. The van der Waals surface area contributed by atoms with Gasteiger partial charge in [-0.1, -0.05) is 19.1 Å². The minimum Gasteiger partial charge on any atom is -0.384 e. The van der Waals surface area contributed by atoms with Crippen molar-refractivity contribution < 1.29 is 9.47 Å². The van der Waals surface area contributed by atoms with Crippen molar-refractivity contribution in [1.29, 1.82) is 0 Å². The lowest BCUT2D eigenvalue weighted by molar-refractivity contribution is 0.199. The van der Waals surface area contributed by atoms with Gasteiger partial charge in [-0.05, 0) is 17.7 Å². The fraction of sp³-hybridized carbons (Fsp3) is 0.571. The molecule has 0 aliphatic rings. The summed E-state index contributed by atoms with van der Waals surface area (Å²) in [6.07, 6.45) is 0. The van der Waals surface area contributed by atoms with Gasteiger partial charge in [0.15, 0.2) is 0 Å². The van der Waals surface area contributed by atoms with Crippen LogP contribution in [0.5, 0.6) is 0 Å². The minimum absolute atomic E-state index is 0.478. The lowest BCUT2D eigenvalue weighted by Crippen LogP contribution is -2.18. The third-order valence-corrected chi connectivity index (χ3v) is 3.51. The van der Waals surface area contributed by atoms with E-state index in [1.807, 2.05) is 11.8 Å². The summed E-state index contributed by atoms with van der Waals surface area (Å²) in [7, 11) is 3.46. The summed E-state index contributed by atoms with van der Waals surface area (Å²) in [4.78, 5) is 1.30. The van der Waals surface area contributed by atoms with Crippen molar-refractivity contribution in [3.63, 3.8) is 0 Å². The molecule has 0 aliphatic heterocycles. The second-order valence-corrected chi connectivity index (χ2v) is 5.71. The Hall–Kier alpha value is -0.550. The zero-order chi connectivity index (χ0) is 13.2. The Kier molecular flexibility index (Phi) is 8.09.